The lowest BCUT2D eigenvalue weighted by Gasteiger charge is -2.53. The van der Waals surface area contributed by atoms with Gasteiger partial charge in [-0.05, 0) is 55.9 Å². The summed E-state index contributed by atoms with van der Waals surface area (Å²) >= 11 is 0. The summed E-state index contributed by atoms with van der Waals surface area (Å²) in [5.74, 6) is -8.29. The Bertz CT molecular complexity index is 1570. The van der Waals surface area contributed by atoms with Gasteiger partial charge >= 0.3 is 0 Å². The third kappa shape index (κ3) is 3.96. The monoisotopic (exact) mass is 562 g/mol. The maximum absolute atomic E-state index is 14.2. The summed E-state index contributed by atoms with van der Waals surface area (Å²) in [5, 5.41) is 56.9. The van der Waals surface area contributed by atoms with Gasteiger partial charge in [-0.1, -0.05) is 30.3 Å². The number of Topliss-reactive ketones (excluding diaryl/α,β-unsaturated/α-hetero) is 2. The average molecular weight is 563 g/mol. The summed E-state index contributed by atoms with van der Waals surface area (Å²) in [6, 6.07) is 9.93. The molecular formula is C30H30N2O9. The summed E-state index contributed by atoms with van der Waals surface area (Å²) in [4.78, 5) is 41.1. The molecule has 1 amide bonds. The highest BCUT2D eigenvalue weighted by Gasteiger charge is 2.68. The Morgan fingerprint density at radius 3 is 2.34 bits per heavy atom. The van der Waals surface area contributed by atoms with E-state index in [-0.39, 0.29) is 11.3 Å². The number of hydrogen-bond donors (Lipinski definition) is 6. The van der Waals surface area contributed by atoms with Gasteiger partial charge in [-0.15, -0.1) is 0 Å². The number of aromatic hydroxyl groups is 1. The molecule has 3 aliphatic carbocycles. The number of amides is 1. The number of primary amides is 1. The van der Waals surface area contributed by atoms with Crippen LogP contribution in [0.1, 0.15) is 23.6 Å². The van der Waals surface area contributed by atoms with Crippen LogP contribution in [0.4, 0.5) is 0 Å². The summed E-state index contributed by atoms with van der Waals surface area (Å²) in [5.41, 5.74) is 2.04. The molecule has 3 aliphatic rings. The maximum atomic E-state index is 14.2. The number of nitrogens with zero attached hydrogens (tertiary/aromatic N) is 1. The van der Waals surface area contributed by atoms with E-state index in [1.807, 2.05) is 6.92 Å². The van der Waals surface area contributed by atoms with Gasteiger partial charge in [0.25, 0.3) is 5.91 Å². The van der Waals surface area contributed by atoms with Crippen molar-refractivity contribution >= 4 is 34.9 Å². The van der Waals surface area contributed by atoms with Gasteiger partial charge in [0.05, 0.1) is 35.8 Å². The second-order valence-electron chi connectivity index (χ2n) is 10.5. The van der Waals surface area contributed by atoms with Crippen molar-refractivity contribution in [1.82, 2.24) is 4.90 Å². The molecule has 11 nitrogen and oxygen atoms in total. The molecule has 0 bridgehead atoms. The van der Waals surface area contributed by atoms with Crippen LogP contribution < -0.4 is 10.5 Å². The van der Waals surface area contributed by atoms with Crippen molar-refractivity contribution in [1.29, 1.82) is 0 Å². The van der Waals surface area contributed by atoms with Gasteiger partial charge in [0.15, 0.2) is 11.4 Å². The molecule has 0 saturated heterocycles. The van der Waals surface area contributed by atoms with E-state index < -0.39 is 69.7 Å². The number of carbonyl (C=O) groups is 3. The fraction of sp³-hybridized carbons (Fsp3) is 0.300. The fourth-order valence-corrected chi connectivity index (χ4v) is 6.32. The molecule has 2 aromatic carbocycles. The highest BCUT2D eigenvalue weighted by atomic mass is 16.5. The molecule has 41 heavy (non-hydrogen) atoms. The van der Waals surface area contributed by atoms with Crippen LogP contribution in [0.25, 0.3) is 17.4 Å². The summed E-state index contributed by atoms with van der Waals surface area (Å²) < 4.78 is 5.50. The van der Waals surface area contributed by atoms with Crippen LogP contribution >= 0.6 is 0 Å². The molecular weight excluding hydrogens is 532 g/mol. The van der Waals surface area contributed by atoms with Gasteiger partial charge in [-0.3, -0.25) is 19.3 Å². The first-order valence-corrected chi connectivity index (χ1v) is 13.0. The van der Waals surface area contributed by atoms with E-state index in [9.17, 15) is 39.9 Å². The van der Waals surface area contributed by atoms with E-state index in [2.05, 4.69) is 0 Å². The van der Waals surface area contributed by atoms with Gasteiger partial charge in [-0.2, -0.15) is 0 Å². The quantitative estimate of drug-likeness (QED) is 0.290. The number of phenolic OH excluding ortho intramolecular Hbond substituents is 1. The lowest BCUT2D eigenvalue weighted by Crippen LogP contribution is -2.70. The Balaban J connectivity index is 1.81. The van der Waals surface area contributed by atoms with E-state index in [4.69, 9.17) is 10.5 Å². The predicted octanol–water partition coefficient (Wildman–Crippen LogP) is 1.33. The number of likely N-dealkylation sites (N-methyl/N-ethyl adjacent to an activating group) is 1. The topological polar surface area (TPSA) is 191 Å². The van der Waals surface area contributed by atoms with Gasteiger partial charge in [0.2, 0.25) is 5.78 Å². The molecule has 5 atom stereocenters. The molecule has 7 N–H and O–H groups in total. The highest BCUT2D eigenvalue weighted by molar-refractivity contribution is 6.25. The zero-order valence-corrected chi connectivity index (χ0v) is 22.5. The van der Waals surface area contributed by atoms with E-state index >= 15 is 0 Å². The van der Waals surface area contributed by atoms with Crippen molar-refractivity contribution in [2.45, 2.75) is 24.7 Å². The van der Waals surface area contributed by atoms with Crippen molar-refractivity contribution < 1.29 is 44.7 Å². The molecule has 11 heteroatoms. The van der Waals surface area contributed by atoms with Crippen molar-refractivity contribution in [3.05, 3.63) is 76.1 Å². The number of benzene rings is 2. The molecule has 1 saturated carbocycles. The highest BCUT2D eigenvalue weighted by Crippen LogP contribution is 2.56. The Morgan fingerprint density at radius 1 is 1.10 bits per heavy atom. The molecule has 0 aliphatic heterocycles. The minimum absolute atomic E-state index is 0.117. The second kappa shape index (κ2) is 9.88. The van der Waals surface area contributed by atoms with Crippen molar-refractivity contribution in [3.63, 3.8) is 0 Å². The number of ether oxygens (including phenoxy) is 1. The van der Waals surface area contributed by atoms with E-state index in [1.54, 1.807) is 36.4 Å². The first-order valence-electron chi connectivity index (χ1n) is 13.0. The first kappa shape index (κ1) is 28.1. The third-order valence-electron chi connectivity index (χ3n) is 8.04. The van der Waals surface area contributed by atoms with Crippen LogP contribution in [0.2, 0.25) is 0 Å². The minimum atomic E-state index is -2.99. The molecule has 214 valence electrons. The molecule has 0 unspecified atom stereocenters. The Morgan fingerprint density at radius 2 is 1.76 bits per heavy atom. The Hall–Kier alpha value is -4.45. The normalized spacial score (nSPS) is 28.5. The van der Waals surface area contributed by atoms with Crippen molar-refractivity contribution in [3.8, 4) is 11.5 Å². The molecule has 0 spiro atoms. The van der Waals surface area contributed by atoms with Gasteiger partial charge in [-0.25, -0.2) is 0 Å². The summed E-state index contributed by atoms with van der Waals surface area (Å²) in [7, 11) is 2.91. The number of ketones is 2. The second-order valence-corrected chi connectivity index (χ2v) is 10.5. The zero-order valence-electron chi connectivity index (χ0n) is 22.5. The molecule has 0 aromatic heterocycles. The molecule has 5 rings (SSSR count). The third-order valence-corrected chi connectivity index (χ3v) is 8.04. The first-order chi connectivity index (χ1) is 19.4. The largest absolute Gasteiger partial charge is 0.508 e. The lowest BCUT2D eigenvalue weighted by molar-refractivity contribution is -0.166. The number of aliphatic hydroxyl groups is 4. The van der Waals surface area contributed by atoms with Gasteiger partial charge in [0, 0.05) is 5.92 Å². The van der Waals surface area contributed by atoms with Crippen molar-refractivity contribution in [2.24, 2.45) is 17.6 Å². The minimum Gasteiger partial charge on any atom is -0.508 e. The fourth-order valence-electron chi connectivity index (χ4n) is 6.32. The van der Waals surface area contributed by atoms with Crippen LogP contribution in [0.15, 0.2) is 59.4 Å². The standard InChI is InChI=1S/C30H30N2O9/c1-4-41-14-10-8-13(9-11-14)12-16-15-6-5-7-17(33)18(15)24(34)20-19(16)25(35)22-23(32(2)3)26(36)21(29(31)39)28(38)30(22,40)27(20)37/h5-12,19,22-23,25,33-35,38,40H,4H2,1-3H3,(H2,31,39)/b16-12+/t19-,22-,23+,25+,30+/m0/s1. The number of carbonyl (C=O) groups excluding carboxylic acids is 3. The zero-order chi connectivity index (χ0) is 30.0. The Labute approximate surface area is 235 Å². The molecule has 1 fully saturated rings. The average Bonchev–Trinajstić information content (AvgIpc) is 2.91. The number of hydrogen-bond acceptors (Lipinski definition) is 10. The SMILES string of the molecule is CCOc1ccc(/C=C2\c3cccc(O)c3C(O)=C3C(=O)[C@@]4(O)C(O)=C(C(N)=O)C(=O)[C@H](N(C)C)[C@H]4[C@H](O)[C@H]32)cc1. The predicted molar refractivity (Wildman–Crippen MR) is 147 cm³/mol. The number of rotatable bonds is 5. The maximum Gasteiger partial charge on any atom is 0.255 e. The number of aliphatic hydroxyl groups excluding tert-OH is 3. The number of nitrogens with two attached hydrogens (primary N) is 1. The molecule has 2 aromatic rings. The van der Waals surface area contributed by atoms with Gasteiger partial charge < -0.3 is 36.0 Å². The lowest BCUT2D eigenvalue weighted by atomic mass is 9.55. The number of fused-ring (bicyclic) bond motifs is 3. The van der Waals surface area contributed by atoms with Gasteiger partial charge in [0.1, 0.15) is 28.6 Å². The van der Waals surface area contributed by atoms with E-state index in [0.717, 1.165) is 0 Å². The van der Waals surface area contributed by atoms with E-state index in [1.165, 1.54) is 31.1 Å². The van der Waals surface area contributed by atoms with Crippen molar-refractivity contribution in [2.75, 3.05) is 20.7 Å². The van der Waals surface area contributed by atoms with E-state index in [0.29, 0.717) is 29.1 Å². The van der Waals surface area contributed by atoms with Crippen LogP contribution in [0.5, 0.6) is 11.5 Å². The summed E-state index contributed by atoms with van der Waals surface area (Å²) in [6.07, 6.45) is -0.0848. The number of phenols is 1. The molecule has 0 radical (unpaired) electrons. The van der Waals surface area contributed by atoms with Crippen LogP contribution in [-0.4, -0.2) is 86.4 Å². The summed E-state index contributed by atoms with van der Waals surface area (Å²) in [6.45, 7) is 2.31. The Kier molecular flexibility index (Phi) is 6.77. The van der Waals surface area contributed by atoms with Crippen LogP contribution in [0.3, 0.4) is 0 Å². The van der Waals surface area contributed by atoms with Crippen LogP contribution in [0, 0.1) is 11.8 Å². The smallest absolute Gasteiger partial charge is 0.255 e. The molecule has 0 heterocycles. The van der Waals surface area contributed by atoms with Crippen LogP contribution in [-0.2, 0) is 14.4 Å².